The summed E-state index contributed by atoms with van der Waals surface area (Å²) < 4.78 is 10.7. The van der Waals surface area contributed by atoms with E-state index in [0.717, 1.165) is 0 Å². The summed E-state index contributed by atoms with van der Waals surface area (Å²) in [6.45, 7) is 0. The summed E-state index contributed by atoms with van der Waals surface area (Å²) in [4.78, 5) is 0. The maximum atomic E-state index is 2.55. The number of rotatable bonds is 1. The second-order valence-electron chi connectivity index (χ2n) is 10.5. The fourth-order valence-corrected chi connectivity index (χ4v) is 10.4. The number of para-hydroxylation sites is 1. The highest BCUT2D eigenvalue weighted by molar-refractivity contribution is 7.34. The van der Waals surface area contributed by atoms with Crippen molar-refractivity contribution in [1.82, 2.24) is 4.57 Å². The van der Waals surface area contributed by atoms with Gasteiger partial charge in [-0.1, -0.05) is 72.8 Å². The van der Waals surface area contributed by atoms with Gasteiger partial charge in [0.25, 0.3) is 0 Å². The van der Waals surface area contributed by atoms with Gasteiger partial charge in [0, 0.05) is 67.6 Å². The molecule has 0 fully saturated rings. The first-order valence-corrected chi connectivity index (χ1v) is 15.9. The van der Waals surface area contributed by atoms with E-state index >= 15 is 0 Å². The van der Waals surface area contributed by atoms with Crippen molar-refractivity contribution in [2.45, 2.75) is 0 Å². The average Bonchev–Trinajstić information content (AvgIpc) is 3.75. The van der Waals surface area contributed by atoms with E-state index in [2.05, 4.69) is 120 Å². The van der Waals surface area contributed by atoms with Crippen molar-refractivity contribution in [3.63, 3.8) is 0 Å². The number of thiophene rings is 3. The van der Waals surface area contributed by atoms with Gasteiger partial charge in [-0.2, -0.15) is 0 Å². The van der Waals surface area contributed by atoms with Crippen LogP contribution in [0.2, 0.25) is 0 Å². The molecular weight excluding hydrogens is 543 g/mol. The molecule has 4 heterocycles. The molecule has 1 nitrogen and oxygen atoms in total. The van der Waals surface area contributed by atoms with Gasteiger partial charge in [-0.25, -0.2) is 0 Å². The fourth-order valence-electron chi connectivity index (χ4n) is 6.75. The van der Waals surface area contributed by atoms with Crippen LogP contribution in [0.1, 0.15) is 0 Å². The maximum absolute atomic E-state index is 2.55. The molecule has 0 radical (unpaired) electrons. The molecule has 4 heteroatoms. The van der Waals surface area contributed by atoms with E-state index in [1.807, 2.05) is 34.0 Å². The van der Waals surface area contributed by atoms with E-state index in [4.69, 9.17) is 0 Å². The molecule has 0 aliphatic rings. The predicted octanol–water partition coefficient (Wildman–Crippen LogP) is 11.9. The summed E-state index contributed by atoms with van der Waals surface area (Å²) in [7, 11) is 0. The van der Waals surface area contributed by atoms with E-state index in [-0.39, 0.29) is 0 Å². The molecule has 10 aromatic rings. The summed E-state index contributed by atoms with van der Waals surface area (Å²) in [5.74, 6) is 0. The minimum absolute atomic E-state index is 1.22. The summed E-state index contributed by atoms with van der Waals surface area (Å²) in [6, 6.07) is 42.7. The third-order valence-corrected chi connectivity index (χ3v) is 12.0. The van der Waals surface area contributed by atoms with Crippen LogP contribution < -0.4 is 0 Å². The number of hydrogen-bond donors (Lipinski definition) is 0. The summed E-state index contributed by atoms with van der Waals surface area (Å²) >= 11 is 5.76. The largest absolute Gasteiger partial charge is 0.309 e. The molecule has 0 saturated heterocycles. The zero-order valence-electron chi connectivity index (χ0n) is 21.1. The monoisotopic (exact) mass is 561 g/mol. The molecule has 0 bridgehead atoms. The lowest BCUT2D eigenvalue weighted by Gasteiger charge is -2.10. The standard InChI is InChI=1S/C36H19NS3/c1-5-13-26-22(10-1)31-32-23-11-3-7-15-28(23)39-35(32)36-33(24-12-4-8-16-29(24)40-36)34(31)37(26)20-17-18-30-25(19-20)21-9-2-6-14-27(21)38-30/h1-19H. The van der Waals surface area contributed by atoms with Crippen LogP contribution in [0, 0.1) is 0 Å². The number of hydrogen-bond acceptors (Lipinski definition) is 3. The van der Waals surface area contributed by atoms with Gasteiger partial charge in [-0.05, 0) is 42.5 Å². The SMILES string of the molecule is c1ccc2c(c1)sc1ccc(-n3c4ccccc4c4c5c6ccccc6sc5c5sc6ccccc6c5c43)cc12. The molecule has 10 rings (SSSR count). The van der Waals surface area contributed by atoms with Crippen molar-refractivity contribution in [2.24, 2.45) is 0 Å². The van der Waals surface area contributed by atoms with Gasteiger partial charge >= 0.3 is 0 Å². The van der Waals surface area contributed by atoms with E-state index in [1.165, 1.54) is 88.0 Å². The topological polar surface area (TPSA) is 4.93 Å². The van der Waals surface area contributed by atoms with Crippen LogP contribution >= 0.6 is 34.0 Å². The molecule has 0 N–H and O–H groups in total. The van der Waals surface area contributed by atoms with Crippen molar-refractivity contribution in [3.8, 4) is 5.69 Å². The summed E-state index contributed by atoms with van der Waals surface area (Å²) in [5, 5.41) is 10.8. The fraction of sp³-hybridized carbons (Fsp3) is 0. The third-order valence-electron chi connectivity index (χ3n) is 8.38. The molecule has 6 aromatic carbocycles. The van der Waals surface area contributed by atoms with Gasteiger partial charge in [-0.15, -0.1) is 34.0 Å². The van der Waals surface area contributed by atoms with Gasteiger partial charge in [-0.3, -0.25) is 0 Å². The van der Waals surface area contributed by atoms with E-state index in [9.17, 15) is 0 Å². The van der Waals surface area contributed by atoms with Crippen LogP contribution in [0.4, 0.5) is 0 Å². The third kappa shape index (κ3) is 2.66. The molecule has 0 atom stereocenters. The molecule has 0 spiro atoms. The van der Waals surface area contributed by atoms with Crippen molar-refractivity contribution in [1.29, 1.82) is 0 Å². The molecule has 4 aromatic heterocycles. The predicted molar refractivity (Wildman–Crippen MR) is 179 cm³/mol. The van der Waals surface area contributed by atoms with Crippen LogP contribution in [0.3, 0.4) is 0 Å². The highest BCUT2D eigenvalue weighted by Gasteiger charge is 2.24. The number of fused-ring (bicyclic) bond motifs is 15. The molecule has 0 aliphatic carbocycles. The van der Waals surface area contributed by atoms with Crippen molar-refractivity contribution >= 4 is 116 Å². The Labute approximate surface area is 240 Å². The lowest BCUT2D eigenvalue weighted by Crippen LogP contribution is -1.94. The number of benzene rings is 6. The van der Waals surface area contributed by atoms with Crippen LogP contribution in [-0.4, -0.2) is 4.57 Å². The van der Waals surface area contributed by atoms with E-state index in [1.54, 1.807) is 0 Å². The van der Waals surface area contributed by atoms with Crippen molar-refractivity contribution in [2.75, 3.05) is 0 Å². The first-order valence-electron chi connectivity index (χ1n) is 13.4. The molecule has 40 heavy (non-hydrogen) atoms. The Morgan fingerprint density at radius 3 is 1.70 bits per heavy atom. The average molecular weight is 562 g/mol. The second-order valence-corrected chi connectivity index (χ2v) is 13.6. The molecule has 0 saturated carbocycles. The van der Waals surface area contributed by atoms with Gasteiger partial charge in [0.1, 0.15) is 0 Å². The normalized spacial score (nSPS) is 12.5. The lowest BCUT2D eigenvalue weighted by molar-refractivity contribution is 1.19. The summed E-state index contributed by atoms with van der Waals surface area (Å²) in [6.07, 6.45) is 0. The molecule has 186 valence electrons. The van der Waals surface area contributed by atoms with Crippen LogP contribution in [0.5, 0.6) is 0 Å². The molecule has 0 aliphatic heterocycles. The Morgan fingerprint density at radius 2 is 0.950 bits per heavy atom. The second kappa shape index (κ2) is 7.70. The molecule has 0 amide bonds. The van der Waals surface area contributed by atoms with E-state index < -0.39 is 0 Å². The quantitative estimate of drug-likeness (QED) is 0.188. The Kier molecular flexibility index (Phi) is 4.16. The number of nitrogens with zero attached hydrogens (tertiary/aromatic N) is 1. The van der Waals surface area contributed by atoms with Crippen molar-refractivity contribution in [3.05, 3.63) is 115 Å². The first kappa shape index (κ1) is 21.6. The van der Waals surface area contributed by atoms with Crippen LogP contribution in [0.15, 0.2) is 115 Å². The zero-order valence-corrected chi connectivity index (χ0v) is 23.6. The molecule has 0 unspecified atom stereocenters. The van der Waals surface area contributed by atoms with Crippen LogP contribution in [-0.2, 0) is 0 Å². The van der Waals surface area contributed by atoms with E-state index in [0.29, 0.717) is 0 Å². The minimum Gasteiger partial charge on any atom is -0.309 e. The van der Waals surface area contributed by atoms with Gasteiger partial charge < -0.3 is 4.57 Å². The number of aromatic nitrogens is 1. The maximum Gasteiger partial charge on any atom is 0.0641 e. The first-order chi connectivity index (χ1) is 19.8. The van der Waals surface area contributed by atoms with Crippen molar-refractivity contribution < 1.29 is 0 Å². The van der Waals surface area contributed by atoms with Gasteiger partial charge in [0.15, 0.2) is 0 Å². The Hall–Kier alpha value is -4.22. The molecular formula is C36H19NS3. The summed E-state index contributed by atoms with van der Waals surface area (Å²) in [5.41, 5.74) is 3.80. The lowest BCUT2D eigenvalue weighted by atomic mass is 10.0. The minimum atomic E-state index is 1.22. The Bertz CT molecular complexity index is 2660. The van der Waals surface area contributed by atoms with Crippen LogP contribution in [0.25, 0.3) is 88.0 Å². The highest BCUT2D eigenvalue weighted by Crippen LogP contribution is 2.52. The van der Waals surface area contributed by atoms with Gasteiger partial charge in [0.2, 0.25) is 0 Å². The Balaban J connectivity index is 1.51. The highest BCUT2D eigenvalue weighted by atomic mass is 32.1. The zero-order chi connectivity index (χ0) is 25.9. The smallest absolute Gasteiger partial charge is 0.0641 e. The van der Waals surface area contributed by atoms with Gasteiger partial charge in [0.05, 0.1) is 20.4 Å². The Morgan fingerprint density at radius 1 is 0.400 bits per heavy atom.